The molecule has 0 aliphatic heterocycles. The third-order valence-corrected chi connectivity index (χ3v) is 6.85. The number of hydrogen-bond donors (Lipinski definition) is 1. The molecule has 0 radical (unpaired) electrons. The Hall–Kier alpha value is -0.0500. The molecule has 2 nitrogen and oxygen atoms in total. The molecule has 0 spiro atoms. The van der Waals surface area contributed by atoms with E-state index in [1.807, 2.05) is 0 Å². The van der Waals surface area contributed by atoms with Crippen LogP contribution in [0.5, 0.6) is 0 Å². The molecule has 1 N–H and O–H groups in total. The van der Waals surface area contributed by atoms with Crippen molar-refractivity contribution < 1.29 is 4.79 Å². The van der Waals surface area contributed by atoms with E-state index in [0.717, 1.165) is 36.9 Å². The lowest BCUT2D eigenvalue weighted by Gasteiger charge is -2.40. The molecule has 0 aromatic heterocycles. The minimum Gasteiger partial charge on any atom is -0.350 e. The molecule has 2 rings (SSSR count). The first-order valence-electron chi connectivity index (χ1n) is 8.74. The lowest BCUT2D eigenvalue weighted by molar-refractivity contribution is -0.128. The van der Waals surface area contributed by atoms with Crippen LogP contribution in [0, 0.1) is 17.3 Å². The summed E-state index contributed by atoms with van der Waals surface area (Å²) in [7, 11) is 0. The third kappa shape index (κ3) is 4.46. The lowest BCUT2D eigenvalue weighted by Crippen LogP contribution is -2.53. The molecule has 21 heavy (non-hydrogen) atoms. The van der Waals surface area contributed by atoms with Gasteiger partial charge < -0.3 is 5.32 Å². The Balaban J connectivity index is 1.87. The molecular weight excluding hydrogens is 326 g/mol. The molecule has 0 unspecified atom stereocenters. The van der Waals surface area contributed by atoms with Gasteiger partial charge >= 0.3 is 0 Å². The summed E-state index contributed by atoms with van der Waals surface area (Å²) in [6.45, 7) is 7.00. The first-order valence-corrected chi connectivity index (χ1v) is 9.86. The van der Waals surface area contributed by atoms with Crippen molar-refractivity contribution in [3.05, 3.63) is 0 Å². The Kier molecular flexibility index (Phi) is 5.78. The SMILES string of the molecule is CC(C)(C)C1CCC(C(=O)NC2(CBr)CCCCC2)CC1. The first kappa shape index (κ1) is 17.3. The maximum atomic E-state index is 12.7. The first-order chi connectivity index (χ1) is 9.86. The van der Waals surface area contributed by atoms with Crippen LogP contribution in [0.1, 0.15) is 78.6 Å². The molecule has 2 fully saturated rings. The molecule has 0 aromatic carbocycles. The quantitative estimate of drug-likeness (QED) is 0.703. The number of carbonyl (C=O) groups excluding carboxylic acids is 1. The van der Waals surface area contributed by atoms with Crippen LogP contribution in [0.15, 0.2) is 0 Å². The maximum Gasteiger partial charge on any atom is 0.223 e. The lowest BCUT2D eigenvalue weighted by atomic mass is 9.69. The van der Waals surface area contributed by atoms with E-state index in [1.165, 1.54) is 32.1 Å². The maximum absolute atomic E-state index is 12.7. The van der Waals surface area contributed by atoms with Gasteiger partial charge in [0.15, 0.2) is 0 Å². The Morgan fingerprint density at radius 2 is 1.67 bits per heavy atom. The van der Waals surface area contributed by atoms with Crippen molar-refractivity contribution in [1.82, 2.24) is 5.32 Å². The fraction of sp³-hybridized carbons (Fsp3) is 0.944. The van der Waals surface area contributed by atoms with Crippen LogP contribution >= 0.6 is 15.9 Å². The largest absolute Gasteiger partial charge is 0.350 e. The molecule has 1 amide bonds. The summed E-state index contributed by atoms with van der Waals surface area (Å²) in [6.07, 6.45) is 10.7. The molecule has 2 aliphatic carbocycles. The van der Waals surface area contributed by atoms with Gasteiger partial charge in [-0.25, -0.2) is 0 Å². The number of halogens is 1. The Labute approximate surface area is 139 Å². The molecule has 122 valence electrons. The number of hydrogen-bond acceptors (Lipinski definition) is 1. The Morgan fingerprint density at radius 1 is 1.10 bits per heavy atom. The molecule has 0 aromatic rings. The van der Waals surface area contributed by atoms with E-state index in [2.05, 4.69) is 42.0 Å². The fourth-order valence-electron chi connectivity index (χ4n) is 4.11. The van der Waals surface area contributed by atoms with Gasteiger partial charge in [0.25, 0.3) is 0 Å². The van der Waals surface area contributed by atoms with Gasteiger partial charge in [-0.1, -0.05) is 56.0 Å². The van der Waals surface area contributed by atoms with E-state index in [1.54, 1.807) is 0 Å². The minimum absolute atomic E-state index is 0.0379. The van der Waals surface area contributed by atoms with Crippen LogP contribution in [0.4, 0.5) is 0 Å². The monoisotopic (exact) mass is 357 g/mol. The summed E-state index contributed by atoms with van der Waals surface area (Å²) < 4.78 is 0. The predicted octanol–water partition coefficient (Wildman–Crippen LogP) is 5.05. The van der Waals surface area contributed by atoms with Gasteiger partial charge in [-0.2, -0.15) is 0 Å². The molecule has 0 bridgehead atoms. The number of carbonyl (C=O) groups is 1. The van der Waals surface area contributed by atoms with Crippen LogP contribution in [0.2, 0.25) is 0 Å². The van der Waals surface area contributed by atoms with Crippen molar-refractivity contribution in [2.45, 2.75) is 84.1 Å². The van der Waals surface area contributed by atoms with E-state index < -0.39 is 0 Å². The average molecular weight is 358 g/mol. The zero-order valence-corrected chi connectivity index (χ0v) is 15.6. The van der Waals surface area contributed by atoms with Gasteiger partial charge in [-0.15, -0.1) is 0 Å². The number of alkyl halides is 1. The normalized spacial score (nSPS) is 29.9. The van der Waals surface area contributed by atoms with Gasteiger partial charge in [0.1, 0.15) is 0 Å². The second-order valence-electron chi connectivity index (χ2n) is 8.38. The van der Waals surface area contributed by atoms with Gasteiger partial charge in [0.05, 0.1) is 0 Å². The molecule has 3 heteroatoms. The molecule has 2 aliphatic rings. The minimum atomic E-state index is 0.0379. The molecule has 2 saturated carbocycles. The van der Waals surface area contributed by atoms with Gasteiger partial charge in [-0.3, -0.25) is 4.79 Å². The third-order valence-electron chi connectivity index (χ3n) is 5.78. The van der Waals surface area contributed by atoms with Crippen molar-refractivity contribution in [2.24, 2.45) is 17.3 Å². The summed E-state index contributed by atoms with van der Waals surface area (Å²) in [5.41, 5.74) is 0.429. The fourth-order valence-corrected chi connectivity index (χ4v) is 4.81. The smallest absolute Gasteiger partial charge is 0.223 e. The number of rotatable bonds is 3. The van der Waals surface area contributed by atoms with Crippen molar-refractivity contribution in [1.29, 1.82) is 0 Å². The van der Waals surface area contributed by atoms with Crippen molar-refractivity contribution in [2.75, 3.05) is 5.33 Å². The van der Waals surface area contributed by atoms with Crippen LogP contribution in [-0.2, 0) is 4.79 Å². The van der Waals surface area contributed by atoms with E-state index in [9.17, 15) is 4.79 Å². The van der Waals surface area contributed by atoms with E-state index in [4.69, 9.17) is 0 Å². The van der Waals surface area contributed by atoms with Crippen molar-refractivity contribution in [3.8, 4) is 0 Å². The molecular formula is C18H32BrNO. The van der Waals surface area contributed by atoms with Crippen LogP contribution in [0.25, 0.3) is 0 Å². The van der Waals surface area contributed by atoms with Gasteiger partial charge in [-0.05, 0) is 49.9 Å². The predicted molar refractivity (Wildman–Crippen MR) is 92.7 cm³/mol. The molecule has 0 saturated heterocycles. The summed E-state index contributed by atoms with van der Waals surface area (Å²) in [6, 6.07) is 0. The molecule has 0 heterocycles. The second kappa shape index (κ2) is 7.02. The standard InChI is InChI=1S/C18H32BrNO/c1-17(2,3)15-9-7-14(8-10-15)16(21)20-18(13-19)11-5-4-6-12-18/h14-15H,4-13H2,1-3H3,(H,20,21). The highest BCUT2D eigenvalue weighted by Gasteiger charge is 2.37. The van der Waals surface area contributed by atoms with Crippen LogP contribution in [-0.4, -0.2) is 16.8 Å². The van der Waals surface area contributed by atoms with E-state index in [-0.39, 0.29) is 11.5 Å². The van der Waals surface area contributed by atoms with Crippen molar-refractivity contribution in [3.63, 3.8) is 0 Å². The summed E-state index contributed by atoms with van der Waals surface area (Å²) in [5, 5.41) is 4.33. The zero-order chi connectivity index (χ0) is 15.5. The summed E-state index contributed by atoms with van der Waals surface area (Å²) in [4.78, 5) is 12.7. The summed E-state index contributed by atoms with van der Waals surface area (Å²) in [5.74, 6) is 1.35. The number of amides is 1. The van der Waals surface area contributed by atoms with Gasteiger partial charge in [0.2, 0.25) is 5.91 Å². The second-order valence-corrected chi connectivity index (χ2v) is 8.94. The highest BCUT2D eigenvalue weighted by molar-refractivity contribution is 9.09. The number of nitrogens with one attached hydrogen (secondary N) is 1. The van der Waals surface area contributed by atoms with Gasteiger partial charge in [0, 0.05) is 16.8 Å². The van der Waals surface area contributed by atoms with Crippen LogP contribution in [0.3, 0.4) is 0 Å². The highest BCUT2D eigenvalue weighted by Crippen LogP contribution is 2.40. The topological polar surface area (TPSA) is 29.1 Å². The average Bonchev–Trinajstić information content (AvgIpc) is 2.47. The van der Waals surface area contributed by atoms with E-state index >= 15 is 0 Å². The summed E-state index contributed by atoms with van der Waals surface area (Å²) >= 11 is 3.64. The highest BCUT2D eigenvalue weighted by atomic mass is 79.9. The van der Waals surface area contributed by atoms with Crippen molar-refractivity contribution >= 4 is 21.8 Å². The Bertz CT molecular complexity index is 347. The van der Waals surface area contributed by atoms with E-state index in [0.29, 0.717) is 11.3 Å². The molecule has 0 atom stereocenters. The van der Waals surface area contributed by atoms with Crippen LogP contribution < -0.4 is 5.32 Å². The zero-order valence-electron chi connectivity index (χ0n) is 14.0. The Morgan fingerprint density at radius 3 is 2.14 bits per heavy atom.